The van der Waals surface area contributed by atoms with Crippen LogP contribution in [0.25, 0.3) is 0 Å². The van der Waals surface area contributed by atoms with Crippen molar-refractivity contribution in [3.05, 3.63) is 12.3 Å². The molecule has 1 amide bonds. The van der Waals surface area contributed by atoms with Crippen molar-refractivity contribution in [1.29, 1.82) is 0 Å². The molecule has 0 aromatic rings. The molecule has 130 valence electrons. The third-order valence-electron chi connectivity index (χ3n) is 4.13. The van der Waals surface area contributed by atoms with Gasteiger partial charge in [0.1, 0.15) is 0 Å². The van der Waals surface area contributed by atoms with Gasteiger partial charge in [0.2, 0.25) is 5.91 Å². The van der Waals surface area contributed by atoms with E-state index in [2.05, 4.69) is 18.3 Å². The van der Waals surface area contributed by atoms with Crippen LogP contribution < -0.4 is 5.32 Å². The normalized spacial score (nSPS) is 11.2. The number of carbonyl (C=O) groups is 1. The SMILES string of the molecule is CCCCCCCCCCCCCCCC/C=C/NC(C)=O. The van der Waals surface area contributed by atoms with Crippen molar-refractivity contribution < 1.29 is 4.79 Å². The van der Waals surface area contributed by atoms with Crippen LogP contribution in [0, 0.1) is 0 Å². The van der Waals surface area contributed by atoms with E-state index in [9.17, 15) is 4.79 Å². The predicted octanol–water partition coefficient (Wildman–Crippen LogP) is 6.51. The smallest absolute Gasteiger partial charge is 0.220 e. The van der Waals surface area contributed by atoms with Gasteiger partial charge >= 0.3 is 0 Å². The number of allylic oxidation sites excluding steroid dienone is 1. The Morgan fingerprint density at radius 1 is 0.727 bits per heavy atom. The van der Waals surface area contributed by atoms with Crippen LogP contribution in [0.4, 0.5) is 0 Å². The van der Waals surface area contributed by atoms with Gasteiger partial charge in [-0.25, -0.2) is 0 Å². The lowest BCUT2D eigenvalue weighted by Crippen LogP contribution is -2.11. The lowest BCUT2D eigenvalue weighted by molar-refractivity contribution is -0.118. The van der Waals surface area contributed by atoms with Crippen LogP contribution in [0.2, 0.25) is 0 Å². The zero-order valence-electron chi connectivity index (χ0n) is 15.2. The van der Waals surface area contributed by atoms with Gasteiger partial charge in [-0.1, -0.05) is 96.5 Å². The van der Waals surface area contributed by atoms with Gasteiger partial charge < -0.3 is 5.32 Å². The first kappa shape index (κ1) is 21.2. The summed E-state index contributed by atoms with van der Waals surface area (Å²) < 4.78 is 0. The van der Waals surface area contributed by atoms with Crippen LogP contribution in [0.3, 0.4) is 0 Å². The van der Waals surface area contributed by atoms with Crippen LogP contribution in [-0.2, 0) is 4.79 Å². The number of carbonyl (C=O) groups excluding carboxylic acids is 1. The van der Waals surface area contributed by atoms with Crippen molar-refractivity contribution in [2.75, 3.05) is 0 Å². The van der Waals surface area contributed by atoms with Gasteiger partial charge in [-0.05, 0) is 19.0 Å². The molecule has 0 fully saturated rings. The summed E-state index contributed by atoms with van der Waals surface area (Å²) >= 11 is 0. The Labute approximate surface area is 139 Å². The van der Waals surface area contributed by atoms with Crippen molar-refractivity contribution in [3.63, 3.8) is 0 Å². The summed E-state index contributed by atoms with van der Waals surface area (Å²) in [6.45, 7) is 3.82. The van der Waals surface area contributed by atoms with Gasteiger partial charge in [0, 0.05) is 6.92 Å². The Balaban J connectivity index is 3.02. The van der Waals surface area contributed by atoms with Gasteiger partial charge in [0.25, 0.3) is 0 Å². The Bertz CT molecular complexity index is 260. The predicted molar refractivity (Wildman–Crippen MR) is 97.9 cm³/mol. The van der Waals surface area contributed by atoms with Crippen molar-refractivity contribution in [3.8, 4) is 0 Å². The molecule has 2 nitrogen and oxygen atoms in total. The highest BCUT2D eigenvalue weighted by Crippen LogP contribution is 2.13. The number of amides is 1. The molecule has 22 heavy (non-hydrogen) atoms. The summed E-state index contributed by atoms with van der Waals surface area (Å²) in [6.07, 6.45) is 24.5. The lowest BCUT2D eigenvalue weighted by atomic mass is 10.0. The molecule has 0 bridgehead atoms. The fourth-order valence-corrected chi connectivity index (χ4v) is 2.72. The maximum atomic E-state index is 10.6. The molecule has 0 spiro atoms. The van der Waals surface area contributed by atoms with Crippen molar-refractivity contribution in [2.24, 2.45) is 0 Å². The van der Waals surface area contributed by atoms with E-state index in [1.807, 2.05) is 0 Å². The van der Waals surface area contributed by atoms with Gasteiger partial charge in [0.15, 0.2) is 0 Å². The lowest BCUT2D eigenvalue weighted by Gasteiger charge is -2.02. The molecule has 0 saturated carbocycles. The van der Waals surface area contributed by atoms with Crippen LogP contribution in [0.1, 0.15) is 110 Å². The topological polar surface area (TPSA) is 29.1 Å². The van der Waals surface area contributed by atoms with Crippen molar-refractivity contribution in [2.45, 2.75) is 110 Å². The molecular formula is C20H39NO. The quantitative estimate of drug-likeness (QED) is 0.324. The second kappa shape index (κ2) is 18.3. The highest BCUT2D eigenvalue weighted by atomic mass is 16.1. The minimum Gasteiger partial charge on any atom is -0.333 e. The molecule has 0 aliphatic rings. The summed E-state index contributed by atoms with van der Waals surface area (Å²) in [4.78, 5) is 10.6. The second-order valence-corrected chi connectivity index (χ2v) is 6.49. The van der Waals surface area contributed by atoms with Crippen molar-refractivity contribution in [1.82, 2.24) is 5.32 Å². The van der Waals surface area contributed by atoms with Crippen LogP contribution in [0.5, 0.6) is 0 Å². The van der Waals surface area contributed by atoms with E-state index >= 15 is 0 Å². The van der Waals surface area contributed by atoms with Crippen LogP contribution in [0.15, 0.2) is 12.3 Å². The Kier molecular flexibility index (Phi) is 17.6. The second-order valence-electron chi connectivity index (χ2n) is 6.49. The average Bonchev–Trinajstić information content (AvgIpc) is 2.50. The first-order valence-electron chi connectivity index (χ1n) is 9.69. The number of nitrogens with one attached hydrogen (secondary N) is 1. The van der Waals surface area contributed by atoms with E-state index in [4.69, 9.17) is 0 Å². The minimum absolute atomic E-state index is 0.0113. The monoisotopic (exact) mass is 309 g/mol. The first-order valence-corrected chi connectivity index (χ1v) is 9.69. The molecule has 0 aliphatic carbocycles. The van der Waals surface area contributed by atoms with E-state index in [-0.39, 0.29) is 5.91 Å². The fraction of sp³-hybridized carbons (Fsp3) is 0.850. The first-order chi connectivity index (χ1) is 10.8. The highest BCUT2D eigenvalue weighted by Gasteiger charge is 1.93. The van der Waals surface area contributed by atoms with Gasteiger partial charge in [-0.3, -0.25) is 4.79 Å². The zero-order chi connectivity index (χ0) is 16.3. The number of rotatable bonds is 16. The van der Waals surface area contributed by atoms with E-state index in [1.54, 1.807) is 6.20 Å². The summed E-state index contributed by atoms with van der Waals surface area (Å²) in [6, 6.07) is 0. The van der Waals surface area contributed by atoms with Crippen LogP contribution in [-0.4, -0.2) is 5.91 Å². The highest BCUT2D eigenvalue weighted by molar-refractivity contribution is 5.73. The fourth-order valence-electron chi connectivity index (χ4n) is 2.72. The third kappa shape index (κ3) is 19.2. The van der Waals surface area contributed by atoms with Crippen LogP contribution >= 0.6 is 0 Å². The molecular weight excluding hydrogens is 270 g/mol. The number of unbranched alkanes of at least 4 members (excludes halogenated alkanes) is 14. The molecule has 0 aromatic heterocycles. The average molecular weight is 310 g/mol. The maximum Gasteiger partial charge on any atom is 0.220 e. The van der Waals surface area contributed by atoms with Crippen molar-refractivity contribution >= 4 is 5.91 Å². The van der Waals surface area contributed by atoms with Gasteiger partial charge in [0.05, 0.1) is 0 Å². The van der Waals surface area contributed by atoms with E-state index in [0.29, 0.717) is 0 Å². The molecule has 0 heterocycles. The molecule has 0 aromatic carbocycles. The van der Waals surface area contributed by atoms with Gasteiger partial charge in [-0.2, -0.15) is 0 Å². The molecule has 0 unspecified atom stereocenters. The number of hydrogen-bond acceptors (Lipinski definition) is 1. The standard InChI is InChI=1S/C20H39NO/c1-3-4-5-6-7-8-9-10-11-12-13-14-15-16-17-18-19-21-20(2)22/h18-19H,3-17H2,1-2H3,(H,21,22)/b19-18+. The molecule has 0 radical (unpaired) electrons. The molecule has 1 N–H and O–H groups in total. The largest absolute Gasteiger partial charge is 0.333 e. The Morgan fingerprint density at radius 2 is 1.14 bits per heavy atom. The molecule has 0 aliphatic heterocycles. The van der Waals surface area contributed by atoms with E-state index in [0.717, 1.165) is 6.42 Å². The summed E-state index contributed by atoms with van der Waals surface area (Å²) in [7, 11) is 0. The molecule has 0 atom stereocenters. The molecule has 2 heteroatoms. The Hall–Kier alpha value is -0.790. The summed E-state index contributed by atoms with van der Waals surface area (Å²) in [5.74, 6) is 0.0113. The summed E-state index contributed by atoms with van der Waals surface area (Å²) in [5, 5.41) is 2.68. The zero-order valence-corrected chi connectivity index (χ0v) is 15.2. The molecule has 0 rings (SSSR count). The van der Waals surface area contributed by atoms with E-state index in [1.165, 1.54) is 96.8 Å². The van der Waals surface area contributed by atoms with Gasteiger partial charge in [-0.15, -0.1) is 0 Å². The Morgan fingerprint density at radius 3 is 1.55 bits per heavy atom. The van der Waals surface area contributed by atoms with E-state index < -0.39 is 0 Å². The molecule has 0 saturated heterocycles. The maximum absolute atomic E-state index is 10.6. The minimum atomic E-state index is 0.0113. The third-order valence-corrected chi connectivity index (χ3v) is 4.13. The number of hydrogen-bond donors (Lipinski definition) is 1. The summed E-state index contributed by atoms with van der Waals surface area (Å²) in [5.41, 5.74) is 0.